The average Bonchev–Trinajstić information content (AvgIpc) is 1.86. The SMILES string of the molecule is CN(CCCCO)C(C)(C)C. The van der Waals surface area contributed by atoms with E-state index >= 15 is 0 Å². The number of hydrogen-bond donors (Lipinski definition) is 1. The molecule has 0 heterocycles. The Morgan fingerprint density at radius 3 is 2.09 bits per heavy atom. The quantitative estimate of drug-likeness (QED) is 0.628. The first-order valence-electron chi connectivity index (χ1n) is 4.30. The van der Waals surface area contributed by atoms with Crippen LogP contribution in [0, 0.1) is 0 Å². The van der Waals surface area contributed by atoms with Gasteiger partial charge in [0.25, 0.3) is 0 Å². The van der Waals surface area contributed by atoms with Crippen LogP contribution in [0.4, 0.5) is 0 Å². The second-order valence-corrected chi connectivity index (χ2v) is 4.02. The standard InChI is InChI=1S/C9H21NO/c1-9(2,3)10(4)7-5-6-8-11/h11H,5-8H2,1-4H3. The number of hydrogen-bond acceptors (Lipinski definition) is 2. The number of aliphatic hydroxyl groups excluding tert-OH is 1. The Labute approximate surface area is 70.2 Å². The number of nitrogens with zero attached hydrogens (tertiary/aromatic N) is 1. The summed E-state index contributed by atoms with van der Waals surface area (Å²) in [6.07, 6.45) is 2.00. The molecule has 0 bridgehead atoms. The third kappa shape index (κ3) is 5.22. The molecule has 2 nitrogen and oxygen atoms in total. The molecule has 0 radical (unpaired) electrons. The molecule has 0 rings (SSSR count). The van der Waals surface area contributed by atoms with Gasteiger partial charge >= 0.3 is 0 Å². The highest BCUT2D eigenvalue weighted by molar-refractivity contribution is 4.72. The van der Waals surface area contributed by atoms with Crippen LogP contribution >= 0.6 is 0 Å². The van der Waals surface area contributed by atoms with Crippen LogP contribution in [0.5, 0.6) is 0 Å². The second-order valence-electron chi connectivity index (χ2n) is 4.02. The van der Waals surface area contributed by atoms with Crippen molar-refractivity contribution < 1.29 is 5.11 Å². The molecule has 0 aromatic heterocycles. The summed E-state index contributed by atoms with van der Waals surface area (Å²) in [4.78, 5) is 2.31. The van der Waals surface area contributed by atoms with Gasteiger partial charge in [0.2, 0.25) is 0 Å². The van der Waals surface area contributed by atoms with Gasteiger partial charge in [0.1, 0.15) is 0 Å². The first-order valence-corrected chi connectivity index (χ1v) is 4.30. The van der Waals surface area contributed by atoms with Crippen LogP contribution in [0.25, 0.3) is 0 Å². The minimum atomic E-state index is 0.259. The molecule has 0 fully saturated rings. The molecule has 11 heavy (non-hydrogen) atoms. The molecule has 0 amide bonds. The van der Waals surface area contributed by atoms with Gasteiger partial charge in [0.05, 0.1) is 0 Å². The zero-order valence-corrected chi connectivity index (χ0v) is 8.22. The van der Waals surface area contributed by atoms with Gasteiger partial charge in [0.15, 0.2) is 0 Å². The molecule has 0 aromatic rings. The van der Waals surface area contributed by atoms with E-state index in [2.05, 4.69) is 32.7 Å². The normalized spacial score (nSPS) is 12.5. The van der Waals surface area contributed by atoms with Gasteiger partial charge in [-0.3, -0.25) is 0 Å². The van der Waals surface area contributed by atoms with E-state index in [0.717, 1.165) is 19.4 Å². The molecule has 68 valence electrons. The first-order chi connectivity index (χ1) is 4.98. The zero-order chi connectivity index (χ0) is 8.91. The maximum atomic E-state index is 8.56. The molecular formula is C9H21NO. The molecule has 0 aliphatic heterocycles. The average molecular weight is 159 g/mol. The van der Waals surface area contributed by atoms with Crippen LogP contribution in [0.1, 0.15) is 33.6 Å². The van der Waals surface area contributed by atoms with Gasteiger partial charge in [-0.05, 0) is 47.2 Å². The molecule has 0 spiro atoms. The van der Waals surface area contributed by atoms with Crippen molar-refractivity contribution >= 4 is 0 Å². The van der Waals surface area contributed by atoms with Crippen LogP contribution in [-0.4, -0.2) is 35.7 Å². The Bertz CT molecular complexity index is 96.2. The molecule has 0 atom stereocenters. The summed E-state index contributed by atoms with van der Waals surface area (Å²) in [7, 11) is 2.12. The van der Waals surface area contributed by atoms with Crippen molar-refractivity contribution in [1.82, 2.24) is 4.90 Å². The smallest absolute Gasteiger partial charge is 0.0431 e. The van der Waals surface area contributed by atoms with Gasteiger partial charge in [-0.2, -0.15) is 0 Å². The lowest BCUT2D eigenvalue weighted by Gasteiger charge is -2.31. The summed E-state index contributed by atoms with van der Waals surface area (Å²) in [5.74, 6) is 0. The van der Waals surface area contributed by atoms with E-state index in [4.69, 9.17) is 5.11 Å². The molecule has 0 unspecified atom stereocenters. The zero-order valence-electron chi connectivity index (χ0n) is 8.22. The molecule has 2 heteroatoms. The molecule has 1 N–H and O–H groups in total. The monoisotopic (exact) mass is 159 g/mol. The Hall–Kier alpha value is -0.0800. The Morgan fingerprint density at radius 1 is 1.18 bits per heavy atom. The minimum Gasteiger partial charge on any atom is -0.396 e. The van der Waals surface area contributed by atoms with Gasteiger partial charge < -0.3 is 10.0 Å². The number of aliphatic hydroxyl groups is 1. The highest BCUT2D eigenvalue weighted by atomic mass is 16.2. The molecule has 0 saturated carbocycles. The third-order valence-electron chi connectivity index (χ3n) is 2.05. The fraction of sp³-hybridized carbons (Fsp3) is 1.00. The van der Waals surface area contributed by atoms with Gasteiger partial charge in [-0.25, -0.2) is 0 Å². The third-order valence-corrected chi connectivity index (χ3v) is 2.05. The van der Waals surface area contributed by atoms with Crippen LogP contribution in [0.3, 0.4) is 0 Å². The van der Waals surface area contributed by atoms with E-state index in [1.165, 1.54) is 0 Å². The summed E-state index contributed by atoms with van der Waals surface area (Å²) < 4.78 is 0. The Balaban J connectivity index is 3.44. The lowest BCUT2D eigenvalue weighted by atomic mass is 10.1. The van der Waals surface area contributed by atoms with Crippen molar-refractivity contribution in [3.63, 3.8) is 0 Å². The fourth-order valence-electron chi connectivity index (χ4n) is 0.796. The molecule has 0 aliphatic rings. The van der Waals surface area contributed by atoms with E-state index in [-0.39, 0.29) is 5.54 Å². The molecule has 0 saturated heterocycles. The summed E-state index contributed by atoms with van der Waals surface area (Å²) in [6.45, 7) is 7.99. The van der Waals surface area contributed by atoms with Gasteiger partial charge in [0, 0.05) is 12.1 Å². The second kappa shape index (κ2) is 4.73. The fourth-order valence-corrected chi connectivity index (χ4v) is 0.796. The predicted octanol–water partition coefficient (Wildman–Crippen LogP) is 1.49. The summed E-state index contributed by atoms with van der Waals surface area (Å²) in [5, 5.41) is 8.56. The maximum Gasteiger partial charge on any atom is 0.0431 e. The largest absolute Gasteiger partial charge is 0.396 e. The van der Waals surface area contributed by atoms with Crippen molar-refractivity contribution in [2.45, 2.75) is 39.2 Å². The maximum absolute atomic E-state index is 8.56. The van der Waals surface area contributed by atoms with E-state index < -0.39 is 0 Å². The summed E-state index contributed by atoms with van der Waals surface area (Å²) >= 11 is 0. The highest BCUT2D eigenvalue weighted by Gasteiger charge is 2.15. The molecule has 0 aliphatic carbocycles. The van der Waals surface area contributed by atoms with Crippen molar-refractivity contribution in [3.05, 3.63) is 0 Å². The number of rotatable bonds is 4. The molecule has 0 aromatic carbocycles. The summed E-state index contributed by atoms with van der Waals surface area (Å²) in [5.41, 5.74) is 0.259. The Kier molecular flexibility index (Phi) is 4.69. The van der Waals surface area contributed by atoms with E-state index in [0.29, 0.717) is 6.61 Å². The number of unbranched alkanes of at least 4 members (excludes halogenated alkanes) is 1. The van der Waals surface area contributed by atoms with Crippen molar-refractivity contribution in [3.8, 4) is 0 Å². The van der Waals surface area contributed by atoms with Crippen molar-refractivity contribution in [2.75, 3.05) is 20.2 Å². The first kappa shape index (κ1) is 10.9. The van der Waals surface area contributed by atoms with Crippen molar-refractivity contribution in [1.29, 1.82) is 0 Å². The van der Waals surface area contributed by atoms with Crippen LogP contribution < -0.4 is 0 Å². The van der Waals surface area contributed by atoms with E-state index in [1.807, 2.05) is 0 Å². The van der Waals surface area contributed by atoms with E-state index in [9.17, 15) is 0 Å². The Morgan fingerprint density at radius 2 is 1.73 bits per heavy atom. The van der Waals surface area contributed by atoms with Crippen LogP contribution in [0.2, 0.25) is 0 Å². The van der Waals surface area contributed by atoms with Gasteiger partial charge in [-0.1, -0.05) is 0 Å². The van der Waals surface area contributed by atoms with Gasteiger partial charge in [-0.15, -0.1) is 0 Å². The lowest BCUT2D eigenvalue weighted by molar-refractivity contribution is 0.167. The summed E-state index contributed by atoms with van der Waals surface area (Å²) in [6, 6.07) is 0. The van der Waals surface area contributed by atoms with Crippen LogP contribution in [-0.2, 0) is 0 Å². The van der Waals surface area contributed by atoms with Crippen molar-refractivity contribution in [2.24, 2.45) is 0 Å². The molecular weight excluding hydrogens is 138 g/mol. The predicted molar refractivity (Wildman–Crippen MR) is 48.7 cm³/mol. The van der Waals surface area contributed by atoms with E-state index in [1.54, 1.807) is 0 Å². The minimum absolute atomic E-state index is 0.259. The highest BCUT2D eigenvalue weighted by Crippen LogP contribution is 2.10. The van der Waals surface area contributed by atoms with Crippen LogP contribution in [0.15, 0.2) is 0 Å². The lowest BCUT2D eigenvalue weighted by Crippen LogP contribution is -2.38. The topological polar surface area (TPSA) is 23.5 Å².